The minimum Gasteiger partial charge on any atom is -0.368 e. The third kappa shape index (κ3) is 1.71. The van der Waals surface area contributed by atoms with Gasteiger partial charge in [-0.05, 0) is 6.42 Å². The number of nitrogens with one attached hydrogen (secondary N) is 2. The van der Waals surface area contributed by atoms with E-state index in [9.17, 15) is 14.4 Å². The molecule has 0 bridgehead atoms. The van der Waals surface area contributed by atoms with Crippen LogP contribution in [-0.2, 0) is 14.4 Å². The summed E-state index contributed by atoms with van der Waals surface area (Å²) in [6, 6.07) is -0.739. The molecule has 6 nitrogen and oxygen atoms in total. The molecule has 1 rings (SSSR count). The van der Waals surface area contributed by atoms with Crippen molar-refractivity contribution in [1.82, 2.24) is 10.6 Å². The lowest BCUT2D eigenvalue weighted by Gasteiger charge is -2.08. The van der Waals surface area contributed by atoms with E-state index >= 15 is 0 Å². The van der Waals surface area contributed by atoms with Crippen molar-refractivity contribution in [2.45, 2.75) is 12.5 Å². The molecule has 1 aliphatic rings. The molecule has 1 aliphatic heterocycles. The van der Waals surface area contributed by atoms with E-state index in [1.807, 2.05) is 0 Å². The highest BCUT2D eigenvalue weighted by Gasteiger charge is 2.25. The molecule has 66 valence electrons. The standard InChI is InChI=1S/C6H9N3O3/c7-4(10)3-1-2-8-5(11)6(12)9-3/h3H,1-2H2,(H2,7,10)(H,8,11)(H,9,12). The monoisotopic (exact) mass is 171 g/mol. The van der Waals surface area contributed by atoms with Crippen LogP contribution in [0.15, 0.2) is 0 Å². The van der Waals surface area contributed by atoms with Gasteiger partial charge in [0.2, 0.25) is 5.91 Å². The van der Waals surface area contributed by atoms with Gasteiger partial charge in [0.15, 0.2) is 0 Å². The largest absolute Gasteiger partial charge is 0.368 e. The van der Waals surface area contributed by atoms with Crippen molar-refractivity contribution in [3.63, 3.8) is 0 Å². The van der Waals surface area contributed by atoms with E-state index in [2.05, 4.69) is 10.6 Å². The van der Waals surface area contributed by atoms with Gasteiger partial charge in [0, 0.05) is 6.54 Å². The maximum absolute atomic E-state index is 10.8. The number of amides is 3. The van der Waals surface area contributed by atoms with Gasteiger partial charge < -0.3 is 16.4 Å². The number of hydrogen-bond donors (Lipinski definition) is 3. The third-order valence-corrected chi connectivity index (χ3v) is 1.57. The van der Waals surface area contributed by atoms with Crippen molar-refractivity contribution in [3.05, 3.63) is 0 Å². The number of rotatable bonds is 1. The molecule has 12 heavy (non-hydrogen) atoms. The van der Waals surface area contributed by atoms with Gasteiger partial charge in [-0.25, -0.2) is 0 Å². The minimum atomic E-state index is -0.809. The van der Waals surface area contributed by atoms with Gasteiger partial charge in [-0.15, -0.1) is 0 Å². The number of carbonyl (C=O) groups is 3. The summed E-state index contributed by atoms with van der Waals surface area (Å²) in [6.45, 7) is 0.283. The lowest BCUT2D eigenvalue weighted by atomic mass is 10.2. The Labute approximate surface area is 68.5 Å². The van der Waals surface area contributed by atoms with Crippen LogP contribution in [-0.4, -0.2) is 30.3 Å². The molecule has 3 amide bonds. The summed E-state index contributed by atoms with van der Waals surface area (Å²) in [5, 5.41) is 4.52. The van der Waals surface area contributed by atoms with Crippen molar-refractivity contribution in [2.24, 2.45) is 5.73 Å². The van der Waals surface area contributed by atoms with Gasteiger partial charge in [-0.1, -0.05) is 0 Å². The molecule has 6 heteroatoms. The van der Waals surface area contributed by atoms with E-state index in [1.54, 1.807) is 0 Å². The summed E-state index contributed by atoms with van der Waals surface area (Å²) in [4.78, 5) is 32.1. The summed E-state index contributed by atoms with van der Waals surface area (Å²) < 4.78 is 0. The van der Waals surface area contributed by atoms with Crippen LogP contribution >= 0.6 is 0 Å². The average Bonchev–Trinajstić information content (AvgIpc) is 2.15. The van der Waals surface area contributed by atoms with E-state index in [-0.39, 0.29) is 6.54 Å². The number of nitrogens with two attached hydrogens (primary N) is 1. The predicted octanol–water partition coefficient (Wildman–Crippen LogP) is -2.52. The second-order valence-electron chi connectivity index (χ2n) is 2.47. The van der Waals surface area contributed by atoms with Crippen LogP contribution in [0.3, 0.4) is 0 Å². The van der Waals surface area contributed by atoms with E-state index in [0.29, 0.717) is 6.42 Å². The predicted molar refractivity (Wildman–Crippen MR) is 38.8 cm³/mol. The fourth-order valence-electron chi connectivity index (χ4n) is 0.920. The third-order valence-electron chi connectivity index (χ3n) is 1.57. The maximum Gasteiger partial charge on any atom is 0.309 e. The van der Waals surface area contributed by atoms with Crippen molar-refractivity contribution < 1.29 is 14.4 Å². The first-order chi connectivity index (χ1) is 5.61. The molecule has 4 N–H and O–H groups in total. The average molecular weight is 171 g/mol. The Balaban J connectivity index is 2.66. The van der Waals surface area contributed by atoms with Crippen LogP contribution in [0.25, 0.3) is 0 Å². The highest BCUT2D eigenvalue weighted by atomic mass is 16.2. The second-order valence-corrected chi connectivity index (χ2v) is 2.47. The molecule has 0 aromatic heterocycles. The van der Waals surface area contributed by atoms with E-state index in [1.165, 1.54) is 0 Å². The molecule has 1 fully saturated rings. The zero-order chi connectivity index (χ0) is 9.14. The van der Waals surface area contributed by atoms with Gasteiger partial charge in [0.25, 0.3) is 0 Å². The zero-order valence-corrected chi connectivity index (χ0v) is 6.29. The van der Waals surface area contributed by atoms with Crippen molar-refractivity contribution in [3.8, 4) is 0 Å². The Bertz CT molecular complexity index is 238. The van der Waals surface area contributed by atoms with Crippen molar-refractivity contribution >= 4 is 17.7 Å². The Morgan fingerprint density at radius 1 is 1.42 bits per heavy atom. The topological polar surface area (TPSA) is 101 Å². The molecule has 1 heterocycles. The molecule has 0 aromatic carbocycles. The van der Waals surface area contributed by atoms with Crippen LogP contribution < -0.4 is 16.4 Å². The Hall–Kier alpha value is -1.59. The summed E-state index contributed by atoms with van der Waals surface area (Å²) in [5.41, 5.74) is 4.95. The summed E-state index contributed by atoms with van der Waals surface area (Å²) >= 11 is 0. The normalized spacial score (nSPS) is 23.8. The Morgan fingerprint density at radius 2 is 2.08 bits per heavy atom. The summed E-state index contributed by atoms with van der Waals surface area (Å²) in [7, 11) is 0. The first kappa shape index (κ1) is 8.51. The van der Waals surface area contributed by atoms with Crippen LogP contribution in [0.5, 0.6) is 0 Å². The van der Waals surface area contributed by atoms with Gasteiger partial charge in [-0.2, -0.15) is 0 Å². The number of hydrogen-bond acceptors (Lipinski definition) is 3. The molecule has 0 radical (unpaired) electrons. The number of primary amides is 1. The molecule has 0 spiro atoms. The summed E-state index contributed by atoms with van der Waals surface area (Å²) in [5.74, 6) is -2.16. The molecule has 0 aromatic rings. The smallest absolute Gasteiger partial charge is 0.309 e. The van der Waals surface area contributed by atoms with Crippen LogP contribution in [0.2, 0.25) is 0 Å². The van der Waals surface area contributed by atoms with E-state index in [4.69, 9.17) is 5.73 Å². The highest BCUT2D eigenvalue weighted by Crippen LogP contribution is 1.93. The molecule has 1 saturated heterocycles. The second kappa shape index (κ2) is 3.21. The quantitative estimate of drug-likeness (QED) is 0.379. The van der Waals surface area contributed by atoms with Crippen molar-refractivity contribution in [1.29, 1.82) is 0 Å². The van der Waals surface area contributed by atoms with E-state index < -0.39 is 23.8 Å². The highest BCUT2D eigenvalue weighted by molar-refractivity contribution is 6.35. The molecular weight excluding hydrogens is 162 g/mol. The van der Waals surface area contributed by atoms with Crippen LogP contribution in [0, 0.1) is 0 Å². The Kier molecular flexibility index (Phi) is 2.27. The fourth-order valence-corrected chi connectivity index (χ4v) is 0.920. The molecule has 0 saturated carbocycles. The minimum absolute atomic E-state index is 0.283. The lowest BCUT2D eigenvalue weighted by molar-refractivity contribution is -0.139. The molecule has 1 unspecified atom stereocenters. The van der Waals surface area contributed by atoms with Crippen molar-refractivity contribution in [2.75, 3.05) is 6.54 Å². The van der Waals surface area contributed by atoms with Gasteiger partial charge in [-0.3, -0.25) is 14.4 Å². The molecular formula is C6H9N3O3. The molecule has 0 aliphatic carbocycles. The first-order valence-electron chi connectivity index (χ1n) is 3.49. The first-order valence-corrected chi connectivity index (χ1v) is 3.49. The Morgan fingerprint density at radius 3 is 2.67 bits per heavy atom. The van der Waals surface area contributed by atoms with Gasteiger partial charge >= 0.3 is 11.8 Å². The lowest BCUT2D eigenvalue weighted by Crippen LogP contribution is -2.45. The van der Waals surface area contributed by atoms with Crippen LogP contribution in [0.4, 0.5) is 0 Å². The van der Waals surface area contributed by atoms with Gasteiger partial charge in [0.1, 0.15) is 6.04 Å². The maximum atomic E-state index is 10.8. The molecule has 1 atom stereocenters. The van der Waals surface area contributed by atoms with Gasteiger partial charge in [0.05, 0.1) is 0 Å². The van der Waals surface area contributed by atoms with Crippen LogP contribution in [0.1, 0.15) is 6.42 Å². The van der Waals surface area contributed by atoms with E-state index in [0.717, 1.165) is 0 Å². The SMILES string of the molecule is NC(=O)C1CCNC(=O)C(=O)N1. The summed E-state index contributed by atoms with van der Waals surface area (Å²) in [6.07, 6.45) is 0.340. The number of carbonyl (C=O) groups excluding carboxylic acids is 3. The fraction of sp³-hybridized carbons (Fsp3) is 0.500. The zero-order valence-electron chi connectivity index (χ0n) is 6.29.